The average molecular weight is 433 g/mol. The Balaban J connectivity index is 1.99. The van der Waals surface area contributed by atoms with E-state index in [0.29, 0.717) is 19.4 Å². The van der Waals surface area contributed by atoms with Gasteiger partial charge in [-0.1, -0.05) is 97.1 Å². The van der Waals surface area contributed by atoms with Crippen LogP contribution in [0.5, 0.6) is 0 Å². The highest BCUT2D eigenvalue weighted by atomic mass is 31.2. The van der Waals surface area contributed by atoms with Crippen molar-refractivity contribution >= 4 is 13.7 Å². The van der Waals surface area contributed by atoms with Crippen LogP contribution >= 0.6 is 7.60 Å². The van der Waals surface area contributed by atoms with Crippen molar-refractivity contribution in [1.82, 2.24) is 0 Å². The Morgan fingerprint density at radius 2 is 1.29 bits per heavy atom. The minimum atomic E-state index is -3.27. The molecule has 31 heavy (non-hydrogen) atoms. The van der Waals surface area contributed by atoms with Crippen LogP contribution in [0.1, 0.15) is 36.1 Å². The predicted molar refractivity (Wildman–Crippen MR) is 127 cm³/mol. The molecule has 0 bridgehead atoms. The van der Waals surface area contributed by atoms with Gasteiger partial charge in [0.05, 0.1) is 24.8 Å². The Hall–Kier alpha value is -2.45. The van der Waals surface area contributed by atoms with Crippen LogP contribution in [0.25, 0.3) is 6.08 Å². The fourth-order valence-electron chi connectivity index (χ4n) is 4.85. The first-order valence-corrected chi connectivity index (χ1v) is 12.6. The van der Waals surface area contributed by atoms with Gasteiger partial charge in [0.25, 0.3) is 0 Å². The normalized spacial score (nSPS) is 17.3. The van der Waals surface area contributed by atoms with Gasteiger partial charge in [-0.3, -0.25) is 4.57 Å². The minimum Gasteiger partial charge on any atom is -0.309 e. The number of allylic oxidation sites excluding steroid dienone is 1. The molecule has 1 aliphatic carbocycles. The van der Waals surface area contributed by atoms with Crippen molar-refractivity contribution in [3.63, 3.8) is 0 Å². The summed E-state index contributed by atoms with van der Waals surface area (Å²) < 4.78 is 25.1. The number of fused-ring (bicyclic) bond motifs is 1. The maximum Gasteiger partial charge on any atom is 0.331 e. The maximum absolute atomic E-state index is 13.7. The van der Waals surface area contributed by atoms with E-state index < -0.39 is 13.0 Å². The molecule has 4 rings (SSSR count). The summed E-state index contributed by atoms with van der Waals surface area (Å²) in [6.45, 7) is 4.43. The van der Waals surface area contributed by atoms with E-state index in [1.54, 1.807) is 0 Å². The lowest BCUT2D eigenvalue weighted by atomic mass is 9.59. The summed E-state index contributed by atoms with van der Waals surface area (Å²) in [7, 11) is -3.27. The van der Waals surface area contributed by atoms with E-state index in [4.69, 9.17) is 9.05 Å². The van der Waals surface area contributed by atoms with Crippen LogP contribution < -0.4 is 0 Å². The van der Waals surface area contributed by atoms with Gasteiger partial charge in [0, 0.05) is 5.92 Å². The minimum absolute atomic E-state index is 0.101. The molecule has 0 N–H and O–H groups in total. The van der Waals surface area contributed by atoms with Crippen molar-refractivity contribution in [3.05, 3.63) is 113 Å². The summed E-state index contributed by atoms with van der Waals surface area (Å²) >= 11 is 0. The molecule has 1 atom stereocenters. The number of rotatable bonds is 8. The van der Waals surface area contributed by atoms with E-state index in [2.05, 4.69) is 84.9 Å². The Labute approximate surface area is 185 Å². The fraction of sp³-hybridized carbons (Fsp3) is 0.259. The van der Waals surface area contributed by atoms with Gasteiger partial charge in [-0.15, -0.1) is 0 Å². The molecular formula is C27H29O3P. The monoisotopic (exact) mass is 432 g/mol. The largest absolute Gasteiger partial charge is 0.331 e. The molecule has 4 heteroatoms. The zero-order valence-corrected chi connectivity index (χ0v) is 19.0. The summed E-state index contributed by atoms with van der Waals surface area (Å²) in [5, 5.41) is 0. The highest BCUT2D eigenvalue weighted by Gasteiger charge is 2.48. The summed E-state index contributed by atoms with van der Waals surface area (Å²) in [6, 6.07) is 29.5. The van der Waals surface area contributed by atoms with Crippen molar-refractivity contribution < 1.29 is 13.6 Å². The molecule has 0 radical (unpaired) electrons. The molecule has 0 amide bonds. The Kier molecular flexibility index (Phi) is 6.57. The quantitative estimate of drug-likeness (QED) is 0.362. The Morgan fingerprint density at radius 1 is 0.774 bits per heavy atom. The van der Waals surface area contributed by atoms with Crippen LogP contribution in [-0.2, 0) is 19.0 Å². The first kappa shape index (κ1) is 21.8. The van der Waals surface area contributed by atoms with Gasteiger partial charge in [-0.2, -0.15) is 0 Å². The van der Waals surface area contributed by atoms with Crippen molar-refractivity contribution in [2.45, 2.75) is 19.3 Å². The van der Waals surface area contributed by atoms with Gasteiger partial charge in [0.2, 0.25) is 0 Å². The SMILES string of the molecule is CCOP(=O)(CC1C=Cc2ccccc2C1(c1ccccc1)c1ccccc1)OCC. The van der Waals surface area contributed by atoms with Gasteiger partial charge in [0.1, 0.15) is 0 Å². The summed E-state index contributed by atoms with van der Waals surface area (Å²) in [5.74, 6) is -0.101. The van der Waals surface area contributed by atoms with E-state index in [-0.39, 0.29) is 5.92 Å². The van der Waals surface area contributed by atoms with Crippen LogP contribution in [0.3, 0.4) is 0 Å². The third-order valence-corrected chi connectivity index (χ3v) is 8.12. The molecule has 1 aliphatic rings. The zero-order chi connectivity index (χ0) is 21.7. The lowest BCUT2D eigenvalue weighted by Gasteiger charge is -2.45. The highest BCUT2D eigenvalue weighted by Crippen LogP contribution is 2.57. The summed E-state index contributed by atoms with van der Waals surface area (Å²) in [4.78, 5) is 0. The predicted octanol–water partition coefficient (Wildman–Crippen LogP) is 6.93. The molecule has 0 saturated heterocycles. The molecule has 0 saturated carbocycles. The van der Waals surface area contributed by atoms with Crippen molar-refractivity contribution in [2.24, 2.45) is 5.92 Å². The van der Waals surface area contributed by atoms with Gasteiger partial charge < -0.3 is 9.05 Å². The van der Waals surface area contributed by atoms with E-state index in [1.807, 2.05) is 26.0 Å². The molecule has 3 nitrogen and oxygen atoms in total. The molecule has 0 fully saturated rings. The molecule has 0 aromatic heterocycles. The third-order valence-electron chi connectivity index (χ3n) is 5.98. The first-order chi connectivity index (χ1) is 15.1. The van der Waals surface area contributed by atoms with E-state index >= 15 is 0 Å². The number of benzene rings is 3. The van der Waals surface area contributed by atoms with Crippen molar-refractivity contribution in [3.8, 4) is 0 Å². The first-order valence-electron chi connectivity index (χ1n) is 10.9. The molecule has 160 valence electrons. The summed E-state index contributed by atoms with van der Waals surface area (Å²) in [5.41, 5.74) is 4.22. The molecule has 0 aliphatic heterocycles. The van der Waals surface area contributed by atoms with E-state index in [9.17, 15) is 4.57 Å². The molecule has 3 aromatic rings. The fourth-order valence-corrected chi connectivity index (χ4v) is 6.80. The van der Waals surface area contributed by atoms with Crippen LogP contribution in [0.4, 0.5) is 0 Å². The van der Waals surface area contributed by atoms with Crippen LogP contribution in [0.2, 0.25) is 0 Å². The number of hydrogen-bond acceptors (Lipinski definition) is 3. The van der Waals surface area contributed by atoms with Gasteiger partial charge in [-0.25, -0.2) is 0 Å². The topological polar surface area (TPSA) is 35.5 Å². The second kappa shape index (κ2) is 9.36. The average Bonchev–Trinajstić information content (AvgIpc) is 2.80. The van der Waals surface area contributed by atoms with Gasteiger partial charge >= 0.3 is 7.60 Å². The van der Waals surface area contributed by atoms with Crippen LogP contribution in [0, 0.1) is 5.92 Å². The standard InChI is InChI=1S/C27H29O3P/c1-3-29-31(28,30-4-2)21-25-20-19-22-13-11-12-18-26(22)27(25,23-14-7-5-8-15-23)24-16-9-6-10-17-24/h5-20,25H,3-4,21H2,1-2H3. The lowest BCUT2D eigenvalue weighted by Crippen LogP contribution is -2.41. The maximum atomic E-state index is 13.7. The van der Waals surface area contributed by atoms with Gasteiger partial charge in [0.15, 0.2) is 0 Å². The Morgan fingerprint density at radius 3 is 1.84 bits per heavy atom. The van der Waals surface area contributed by atoms with Crippen LogP contribution in [0.15, 0.2) is 91.0 Å². The van der Waals surface area contributed by atoms with Crippen molar-refractivity contribution in [1.29, 1.82) is 0 Å². The zero-order valence-electron chi connectivity index (χ0n) is 18.1. The van der Waals surface area contributed by atoms with Gasteiger partial charge in [-0.05, 0) is 36.1 Å². The van der Waals surface area contributed by atoms with E-state index in [0.717, 1.165) is 0 Å². The molecule has 0 heterocycles. The third kappa shape index (κ3) is 4.06. The molecule has 1 unspecified atom stereocenters. The molecule has 0 spiro atoms. The smallest absolute Gasteiger partial charge is 0.309 e. The van der Waals surface area contributed by atoms with E-state index in [1.165, 1.54) is 22.3 Å². The molecular weight excluding hydrogens is 403 g/mol. The lowest BCUT2D eigenvalue weighted by molar-refractivity contribution is 0.215. The molecule has 3 aromatic carbocycles. The summed E-state index contributed by atoms with van der Waals surface area (Å²) in [6.07, 6.45) is 4.64. The number of hydrogen-bond donors (Lipinski definition) is 0. The second-order valence-corrected chi connectivity index (χ2v) is 9.83. The Bertz CT molecular complexity index is 1030. The highest BCUT2D eigenvalue weighted by molar-refractivity contribution is 7.53. The second-order valence-electron chi connectivity index (χ2n) is 7.72. The van der Waals surface area contributed by atoms with Crippen LogP contribution in [-0.4, -0.2) is 19.4 Å². The van der Waals surface area contributed by atoms with Crippen molar-refractivity contribution in [2.75, 3.05) is 19.4 Å².